The Balaban J connectivity index is 1.58. The highest BCUT2D eigenvalue weighted by Gasteiger charge is 2.27. The van der Waals surface area contributed by atoms with Crippen LogP contribution in [0, 0.1) is 0 Å². The largest absolute Gasteiger partial charge is 0.497 e. The van der Waals surface area contributed by atoms with Gasteiger partial charge in [-0.05, 0) is 54.6 Å². The number of rotatable bonds is 6. The minimum absolute atomic E-state index is 0.00260. The van der Waals surface area contributed by atoms with E-state index < -0.39 is 27.7 Å². The number of sulfonamides is 1. The first-order valence-corrected chi connectivity index (χ1v) is 10.8. The second kappa shape index (κ2) is 8.16. The summed E-state index contributed by atoms with van der Waals surface area (Å²) in [6.07, 6.45) is 0. The standard InChI is InChI=1S/C22H17N3O6S/c1-31-14-7-9-15(10-8-14)32(29,30)25-19-5-3-2-4-17(19)21(27)23-13-6-11-16-18(12-13)22(28)24-20(16)26/h2-12,25H,1H3,(H,23,27)(H,24,26,28). The van der Waals surface area contributed by atoms with Crippen LogP contribution in [-0.2, 0) is 10.0 Å². The molecule has 0 radical (unpaired) electrons. The van der Waals surface area contributed by atoms with Gasteiger partial charge in [0.25, 0.3) is 27.7 Å². The summed E-state index contributed by atoms with van der Waals surface area (Å²) in [6.45, 7) is 0. The smallest absolute Gasteiger partial charge is 0.261 e. The van der Waals surface area contributed by atoms with Gasteiger partial charge in [0, 0.05) is 5.69 Å². The third-order valence-corrected chi connectivity index (χ3v) is 6.16. The molecule has 3 N–H and O–H groups in total. The van der Waals surface area contributed by atoms with Gasteiger partial charge in [0.05, 0.1) is 34.4 Å². The minimum atomic E-state index is -3.96. The minimum Gasteiger partial charge on any atom is -0.497 e. The molecule has 9 nitrogen and oxygen atoms in total. The molecule has 4 rings (SSSR count). The molecule has 3 amide bonds. The molecule has 1 heterocycles. The van der Waals surface area contributed by atoms with Crippen molar-refractivity contribution in [1.29, 1.82) is 0 Å². The molecule has 1 aliphatic heterocycles. The van der Waals surface area contributed by atoms with Crippen LogP contribution in [0.15, 0.2) is 71.6 Å². The fourth-order valence-corrected chi connectivity index (χ4v) is 4.25. The maximum absolute atomic E-state index is 12.9. The van der Waals surface area contributed by atoms with Crippen LogP contribution in [0.5, 0.6) is 5.75 Å². The van der Waals surface area contributed by atoms with Crippen molar-refractivity contribution in [1.82, 2.24) is 5.32 Å². The predicted molar refractivity (Wildman–Crippen MR) is 116 cm³/mol. The highest BCUT2D eigenvalue weighted by atomic mass is 32.2. The quantitative estimate of drug-likeness (QED) is 0.494. The van der Waals surface area contributed by atoms with Crippen LogP contribution in [-0.4, -0.2) is 33.2 Å². The number of ether oxygens (including phenoxy) is 1. The van der Waals surface area contributed by atoms with Crippen LogP contribution in [0.1, 0.15) is 31.1 Å². The Morgan fingerprint density at radius 2 is 1.59 bits per heavy atom. The summed E-state index contributed by atoms with van der Waals surface area (Å²) in [4.78, 5) is 36.4. The molecule has 0 saturated carbocycles. The Kier molecular flexibility index (Phi) is 5.37. The monoisotopic (exact) mass is 451 g/mol. The average molecular weight is 451 g/mol. The van der Waals surface area contributed by atoms with Crippen molar-refractivity contribution < 1.29 is 27.5 Å². The van der Waals surface area contributed by atoms with E-state index in [2.05, 4.69) is 15.4 Å². The van der Waals surface area contributed by atoms with E-state index in [-0.39, 0.29) is 33.0 Å². The molecular formula is C22H17N3O6S. The molecule has 0 saturated heterocycles. The van der Waals surface area contributed by atoms with Crippen molar-refractivity contribution >= 4 is 39.1 Å². The van der Waals surface area contributed by atoms with E-state index in [4.69, 9.17) is 4.74 Å². The van der Waals surface area contributed by atoms with Crippen LogP contribution in [0.3, 0.4) is 0 Å². The molecule has 162 valence electrons. The number of hydrogen-bond donors (Lipinski definition) is 3. The second-order valence-corrected chi connectivity index (χ2v) is 8.51. The number of para-hydroxylation sites is 1. The zero-order valence-corrected chi connectivity index (χ0v) is 17.5. The molecule has 0 unspecified atom stereocenters. The molecule has 0 aromatic heterocycles. The zero-order valence-electron chi connectivity index (χ0n) is 16.7. The lowest BCUT2D eigenvalue weighted by molar-refractivity contribution is 0.0878. The van der Waals surface area contributed by atoms with Crippen molar-refractivity contribution in [3.63, 3.8) is 0 Å². The van der Waals surface area contributed by atoms with Gasteiger partial charge in [-0.25, -0.2) is 8.42 Å². The van der Waals surface area contributed by atoms with Crippen LogP contribution < -0.4 is 20.1 Å². The fraction of sp³-hybridized carbons (Fsp3) is 0.0455. The maximum atomic E-state index is 12.9. The molecule has 3 aromatic rings. The van der Waals surface area contributed by atoms with Gasteiger partial charge in [0.2, 0.25) is 0 Å². The van der Waals surface area contributed by atoms with Gasteiger partial charge in [-0.2, -0.15) is 0 Å². The van der Waals surface area contributed by atoms with Crippen LogP contribution >= 0.6 is 0 Å². The third kappa shape index (κ3) is 4.03. The number of carbonyl (C=O) groups excluding carboxylic acids is 3. The normalized spacial score (nSPS) is 12.7. The van der Waals surface area contributed by atoms with Crippen molar-refractivity contribution in [2.24, 2.45) is 0 Å². The van der Waals surface area contributed by atoms with E-state index in [0.29, 0.717) is 5.75 Å². The summed E-state index contributed by atoms with van der Waals surface area (Å²) in [5.41, 5.74) is 0.814. The van der Waals surface area contributed by atoms with Crippen molar-refractivity contribution in [2.75, 3.05) is 17.1 Å². The zero-order chi connectivity index (χ0) is 22.9. The number of hydrogen-bond acceptors (Lipinski definition) is 6. The molecule has 0 fully saturated rings. The molecular weight excluding hydrogens is 434 g/mol. The lowest BCUT2D eigenvalue weighted by Crippen LogP contribution is -2.20. The van der Waals surface area contributed by atoms with Crippen LogP contribution in [0.25, 0.3) is 0 Å². The number of benzene rings is 3. The van der Waals surface area contributed by atoms with Crippen molar-refractivity contribution in [3.05, 3.63) is 83.4 Å². The summed E-state index contributed by atoms with van der Waals surface area (Å²) in [5.74, 6) is -1.13. The number of nitrogens with one attached hydrogen (secondary N) is 3. The molecule has 0 atom stereocenters. The number of carbonyl (C=O) groups is 3. The Morgan fingerprint density at radius 3 is 2.31 bits per heavy atom. The number of amides is 3. The van der Waals surface area contributed by atoms with Gasteiger partial charge < -0.3 is 10.1 Å². The van der Waals surface area contributed by atoms with E-state index >= 15 is 0 Å². The van der Waals surface area contributed by atoms with Gasteiger partial charge >= 0.3 is 0 Å². The van der Waals surface area contributed by atoms with Gasteiger partial charge in [-0.1, -0.05) is 12.1 Å². The second-order valence-electron chi connectivity index (χ2n) is 6.82. The third-order valence-electron chi connectivity index (χ3n) is 4.78. The van der Waals surface area contributed by atoms with E-state index in [1.807, 2.05) is 0 Å². The van der Waals surface area contributed by atoms with Gasteiger partial charge in [0.15, 0.2) is 0 Å². The lowest BCUT2D eigenvalue weighted by Gasteiger charge is -2.13. The Morgan fingerprint density at radius 1 is 0.906 bits per heavy atom. The Labute approximate surface area is 183 Å². The highest BCUT2D eigenvalue weighted by Crippen LogP contribution is 2.24. The van der Waals surface area contributed by atoms with Crippen LogP contribution in [0.4, 0.5) is 11.4 Å². The van der Waals surface area contributed by atoms with Crippen molar-refractivity contribution in [2.45, 2.75) is 4.90 Å². The van der Waals surface area contributed by atoms with E-state index in [9.17, 15) is 22.8 Å². The predicted octanol–water partition coefficient (Wildman–Crippen LogP) is 2.63. The highest BCUT2D eigenvalue weighted by molar-refractivity contribution is 7.92. The van der Waals surface area contributed by atoms with Crippen molar-refractivity contribution in [3.8, 4) is 5.75 Å². The molecule has 3 aromatic carbocycles. The number of methoxy groups -OCH3 is 1. The summed E-state index contributed by atoms with van der Waals surface area (Å²) in [5, 5.41) is 4.80. The topological polar surface area (TPSA) is 131 Å². The Hall–Kier alpha value is -4.18. The van der Waals surface area contributed by atoms with Crippen LogP contribution in [0.2, 0.25) is 0 Å². The van der Waals surface area contributed by atoms with E-state index in [1.54, 1.807) is 12.1 Å². The SMILES string of the molecule is COc1ccc(S(=O)(=O)Nc2ccccc2C(=O)Nc2ccc3c(c2)C(=O)NC3=O)cc1. The van der Waals surface area contributed by atoms with E-state index in [0.717, 1.165) is 0 Å². The summed E-state index contributed by atoms with van der Waals surface area (Å²) in [7, 11) is -2.49. The first-order chi connectivity index (χ1) is 15.3. The summed E-state index contributed by atoms with van der Waals surface area (Å²) in [6, 6.07) is 16.2. The fourth-order valence-electron chi connectivity index (χ4n) is 3.17. The van der Waals surface area contributed by atoms with Gasteiger partial charge in [-0.3, -0.25) is 24.4 Å². The Bertz CT molecular complexity index is 1350. The summed E-state index contributed by atoms with van der Waals surface area (Å²) < 4.78 is 33.0. The summed E-state index contributed by atoms with van der Waals surface area (Å²) >= 11 is 0. The number of fused-ring (bicyclic) bond motifs is 1. The first kappa shape index (κ1) is 21.1. The lowest BCUT2D eigenvalue weighted by atomic mass is 10.1. The first-order valence-electron chi connectivity index (χ1n) is 9.35. The molecule has 0 spiro atoms. The molecule has 10 heteroatoms. The number of anilines is 2. The van der Waals surface area contributed by atoms with E-state index in [1.165, 1.54) is 61.7 Å². The number of imide groups is 1. The average Bonchev–Trinajstić information content (AvgIpc) is 3.06. The molecule has 32 heavy (non-hydrogen) atoms. The molecule has 0 aliphatic carbocycles. The maximum Gasteiger partial charge on any atom is 0.261 e. The molecule has 1 aliphatic rings. The molecule has 0 bridgehead atoms. The van der Waals surface area contributed by atoms with Gasteiger partial charge in [0.1, 0.15) is 5.75 Å². The van der Waals surface area contributed by atoms with Gasteiger partial charge in [-0.15, -0.1) is 0 Å².